The van der Waals surface area contributed by atoms with Crippen molar-refractivity contribution in [1.29, 1.82) is 0 Å². The number of fused-ring (bicyclic) bond motifs is 3. The Balaban J connectivity index is 2.02. The Labute approximate surface area is 152 Å². The van der Waals surface area contributed by atoms with Gasteiger partial charge in [-0.3, -0.25) is 0 Å². The summed E-state index contributed by atoms with van der Waals surface area (Å²) in [5.74, 6) is 0. The summed E-state index contributed by atoms with van der Waals surface area (Å²) in [6.07, 6.45) is 0. The average Bonchev–Trinajstić information content (AvgIpc) is 3.05. The summed E-state index contributed by atoms with van der Waals surface area (Å²) in [6, 6.07) is 33.6. The molecule has 5 rings (SSSR count). The number of hydrogen-bond donors (Lipinski definition) is 1. The lowest BCUT2D eigenvalue weighted by atomic mass is 10.0. The van der Waals surface area contributed by atoms with Crippen LogP contribution >= 0.6 is 0 Å². The monoisotopic (exact) mass is 334 g/mol. The minimum Gasteiger partial charge on any atom is -0.398 e. The molecule has 0 radical (unpaired) electrons. The van der Waals surface area contributed by atoms with Crippen LogP contribution in [0.15, 0.2) is 97.1 Å². The van der Waals surface area contributed by atoms with Crippen LogP contribution in [-0.2, 0) is 0 Å². The van der Waals surface area contributed by atoms with Gasteiger partial charge in [0.1, 0.15) is 0 Å². The van der Waals surface area contributed by atoms with Gasteiger partial charge in [0.2, 0.25) is 0 Å². The van der Waals surface area contributed by atoms with E-state index in [9.17, 15) is 0 Å². The van der Waals surface area contributed by atoms with Crippen LogP contribution in [0.3, 0.4) is 0 Å². The molecule has 0 aliphatic carbocycles. The van der Waals surface area contributed by atoms with Crippen molar-refractivity contribution >= 4 is 27.5 Å². The standard InChI is InChI=1S/C24H18N2/c25-21-15-8-16-22-23(21)20-14-7-13-19(17-9-3-1-4-10-17)24(20)26(22)18-11-5-2-6-12-18/h1-16H,25H2. The highest BCUT2D eigenvalue weighted by Crippen LogP contribution is 2.39. The Kier molecular flexibility index (Phi) is 3.29. The van der Waals surface area contributed by atoms with Crippen molar-refractivity contribution in [3.8, 4) is 16.8 Å². The number of hydrogen-bond acceptors (Lipinski definition) is 1. The van der Waals surface area contributed by atoms with E-state index >= 15 is 0 Å². The third-order valence-corrected chi connectivity index (χ3v) is 4.94. The molecule has 0 aliphatic rings. The van der Waals surface area contributed by atoms with Crippen molar-refractivity contribution in [1.82, 2.24) is 4.57 Å². The summed E-state index contributed by atoms with van der Waals surface area (Å²) in [6.45, 7) is 0. The fraction of sp³-hybridized carbons (Fsp3) is 0. The summed E-state index contributed by atoms with van der Waals surface area (Å²) in [5, 5.41) is 2.30. The average molecular weight is 334 g/mol. The number of benzene rings is 4. The molecule has 1 heterocycles. The van der Waals surface area contributed by atoms with Gasteiger partial charge >= 0.3 is 0 Å². The first-order valence-electron chi connectivity index (χ1n) is 8.77. The Hall–Kier alpha value is -3.52. The van der Waals surface area contributed by atoms with Gasteiger partial charge in [0, 0.05) is 27.7 Å². The molecule has 0 spiro atoms. The molecule has 5 aromatic rings. The van der Waals surface area contributed by atoms with Crippen LogP contribution in [0.4, 0.5) is 5.69 Å². The zero-order valence-electron chi connectivity index (χ0n) is 14.3. The molecule has 0 fully saturated rings. The van der Waals surface area contributed by atoms with E-state index in [1.54, 1.807) is 0 Å². The van der Waals surface area contributed by atoms with Crippen LogP contribution in [0.25, 0.3) is 38.6 Å². The van der Waals surface area contributed by atoms with Crippen molar-refractivity contribution in [3.05, 3.63) is 97.1 Å². The highest BCUT2D eigenvalue weighted by atomic mass is 15.0. The van der Waals surface area contributed by atoms with E-state index in [0.29, 0.717) is 0 Å². The van der Waals surface area contributed by atoms with Crippen molar-refractivity contribution in [2.24, 2.45) is 0 Å². The number of nitrogens with two attached hydrogens (primary N) is 1. The van der Waals surface area contributed by atoms with Crippen LogP contribution < -0.4 is 5.73 Å². The van der Waals surface area contributed by atoms with Crippen molar-refractivity contribution < 1.29 is 0 Å². The van der Waals surface area contributed by atoms with E-state index in [0.717, 1.165) is 22.3 Å². The van der Waals surface area contributed by atoms with Gasteiger partial charge in [-0.1, -0.05) is 72.8 Å². The summed E-state index contributed by atoms with van der Waals surface area (Å²) >= 11 is 0. The summed E-state index contributed by atoms with van der Waals surface area (Å²) in [7, 11) is 0. The predicted octanol–water partition coefficient (Wildman–Crippen LogP) is 6.03. The van der Waals surface area contributed by atoms with Gasteiger partial charge in [-0.2, -0.15) is 0 Å². The number of rotatable bonds is 2. The number of aromatic nitrogens is 1. The van der Waals surface area contributed by atoms with Crippen molar-refractivity contribution in [3.63, 3.8) is 0 Å². The van der Waals surface area contributed by atoms with Crippen molar-refractivity contribution in [2.45, 2.75) is 0 Å². The van der Waals surface area contributed by atoms with Gasteiger partial charge in [-0.05, 0) is 29.8 Å². The largest absolute Gasteiger partial charge is 0.398 e. The summed E-state index contributed by atoms with van der Waals surface area (Å²) < 4.78 is 2.32. The van der Waals surface area contributed by atoms with Gasteiger partial charge in [0.25, 0.3) is 0 Å². The first-order valence-corrected chi connectivity index (χ1v) is 8.77. The maximum atomic E-state index is 6.39. The lowest BCUT2D eigenvalue weighted by molar-refractivity contribution is 1.18. The van der Waals surface area contributed by atoms with Crippen LogP contribution in [0.2, 0.25) is 0 Å². The fourth-order valence-corrected chi connectivity index (χ4v) is 3.84. The Morgan fingerprint density at radius 3 is 2.08 bits per heavy atom. The van der Waals surface area contributed by atoms with E-state index in [1.165, 1.54) is 22.0 Å². The molecule has 0 saturated heterocycles. The SMILES string of the molecule is Nc1cccc2c1c1cccc(-c3ccccc3)c1n2-c1ccccc1. The number of anilines is 1. The van der Waals surface area contributed by atoms with E-state index in [2.05, 4.69) is 77.4 Å². The minimum atomic E-state index is 0.812. The van der Waals surface area contributed by atoms with E-state index in [4.69, 9.17) is 5.73 Å². The van der Waals surface area contributed by atoms with Gasteiger partial charge in [-0.25, -0.2) is 0 Å². The molecular formula is C24H18N2. The third kappa shape index (κ3) is 2.12. The van der Waals surface area contributed by atoms with Gasteiger partial charge in [0.15, 0.2) is 0 Å². The molecule has 26 heavy (non-hydrogen) atoms. The van der Waals surface area contributed by atoms with E-state index < -0.39 is 0 Å². The fourth-order valence-electron chi connectivity index (χ4n) is 3.84. The second kappa shape index (κ2) is 5.78. The molecule has 0 atom stereocenters. The molecule has 2 nitrogen and oxygen atoms in total. The zero-order chi connectivity index (χ0) is 17.5. The Bertz CT molecular complexity index is 1220. The molecule has 2 heteroatoms. The molecule has 0 saturated carbocycles. The van der Waals surface area contributed by atoms with Crippen LogP contribution in [0.1, 0.15) is 0 Å². The molecule has 0 aliphatic heterocycles. The second-order valence-electron chi connectivity index (χ2n) is 6.48. The number of nitrogen functional groups attached to an aromatic ring is 1. The number of para-hydroxylation sites is 2. The molecule has 1 aromatic heterocycles. The molecule has 4 aromatic carbocycles. The molecule has 0 bridgehead atoms. The maximum Gasteiger partial charge on any atom is 0.0620 e. The third-order valence-electron chi connectivity index (χ3n) is 4.94. The summed E-state index contributed by atoms with van der Waals surface area (Å²) in [4.78, 5) is 0. The highest BCUT2D eigenvalue weighted by molar-refractivity contribution is 6.17. The topological polar surface area (TPSA) is 30.9 Å². The molecule has 0 amide bonds. The molecular weight excluding hydrogens is 316 g/mol. The summed E-state index contributed by atoms with van der Waals surface area (Å²) in [5.41, 5.74) is 13.1. The molecule has 2 N–H and O–H groups in total. The van der Waals surface area contributed by atoms with Crippen molar-refractivity contribution in [2.75, 3.05) is 5.73 Å². The van der Waals surface area contributed by atoms with Crippen LogP contribution in [0, 0.1) is 0 Å². The first kappa shape index (κ1) is 14.8. The van der Waals surface area contributed by atoms with Crippen LogP contribution in [-0.4, -0.2) is 4.57 Å². The maximum absolute atomic E-state index is 6.39. The predicted molar refractivity (Wildman–Crippen MR) is 111 cm³/mol. The minimum absolute atomic E-state index is 0.812. The zero-order valence-corrected chi connectivity index (χ0v) is 14.3. The van der Waals surface area contributed by atoms with Crippen LogP contribution in [0.5, 0.6) is 0 Å². The normalized spacial score (nSPS) is 11.2. The van der Waals surface area contributed by atoms with Gasteiger partial charge in [0.05, 0.1) is 11.0 Å². The number of nitrogens with zero attached hydrogens (tertiary/aromatic N) is 1. The molecule has 124 valence electrons. The Morgan fingerprint density at radius 2 is 1.31 bits per heavy atom. The quantitative estimate of drug-likeness (QED) is 0.392. The Morgan fingerprint density at radius 1 is 0.615 bits per heavy atom. The lowest BCUT2D eigenvalue weighted by Gasteiger charge is -2.11. The van der Waals surface area contributed by atoms with Gasteiger partial charge in [-0.15, -0.1) is 0 Å². The lowest BCUT2D eigenvalue weighted by Crippen LogP contribution is -1.95. The van der Waals surface area contributed by atoms with Gasteiger partial charge < -0.3 is 10.3 Å². The van der Waals surface area contributed by atoms with E-state index in [-0.39, 0.29) is 0 Å². The molecule has 0 unspecified atom stereocenters. The second-order valence-corrected chi connectivity index (χ2v) is 6.48. The first-order chi connectivity index (χ1) is 12.8. The highest BCUT2D eigenvalue weighted by Gasteiger charge is 2.17. The smallest absolute Gasteiger partial charge is 0.0620 e. The van der Waals surface area contributed by atoms with E-state index in [1.807, 2.05) is 24.3 Å².